The van der Waals surface area contributed by atoms with Crippen molar-refractivity contribution in [2.45, 2.75) is 0 Å². The third-order valence-corrected chi connectivity index (χ3v) is 4.09. The molecule has 1 amide bonds. The fraction of sp³-hybridized carbons (Fsp3) is 0.250. The Kier molecular flexibility index (Phi) is 6.92. The van der Waals surface area contributed by atoms with Crippen molar-refractivity contribution >= 4 is 49.5 Å². The Hall–Kier alpha value is -0.260. The van der Waals surface area contributed by atoms with Gasteiger partial charge in [-0.15, -0.1) is 6.58 Å². The minimum absolute atomic E-state index is 0.0580. The second-order valence-electron chi connectivity index (χ2n) is 3.24. The molecule has 1 aromatic rings. The molecule has 0 radical (unpaired) electrons. The molecule has 0 aliphatic carbocycles. The number of benzene rings is 1. The van der Waals surface area contributed by atoms with E-state index in [-0.39, 0.29) is 5.91 Å². The molecule has 0 unspecified atom stereocenters. The largest absolute Gasteiger partial charge is 0.351 e. The Morgan fingerprint density at radius 1 is 1.47 bits per heavy atom. The molecule has 17 heavy (non-hydrogen) atoms. The van der Waals surface area contributed by atoms with Crippen LogP contribution >= 0.6 is 43.6 Å². The second-order valence-corrected chi connectivity index (χ2v) is 6.16. The van der Waals surface area contributed by atoms with E-state index in [4.69, 9.17) is 0 Å². The molecule has 0 atom stereocenters. The Balaban J connectivity index is 2.46. The van der Waals surface area contributed by atoms with Crippen LogP contribution in [0.1, 0.15) is 10.4 Å². The van der Waals surface area contributed by atoms with Crippen molar-refractivity contribution in [2.75, 3.05) is 18.1 Å². The van der Waals surface area contributed by atoms with E-state index < -0.39 is 0 Å². The normalized spacial score (nSPS) is 10.0. The van der Waals surface area contributed by atoms with Crippen LogP contribution in [0, 0.1) is 0 Å². The number of rotatable bonds is 6. The van der Waals surface area contributed by atoms with Gasteiger partial charge in [-0.25, -0.2) is 0 Å². The standard InChI is InChI=1S/C12H13Br2NOS/c1-2-6-17-7-5-15-12(16)10-8-9(13)3-4-11(10)14/h2-4,8H,1,5-7H2,(H,15,16). The van der Waals surface area contributed by atoms with E-state index in [0.717, 1.165) is 20.5 Å². The average molecular weight is 379 g/mol. The van der Waals surface area contributed by atoms with Crippen molar-refractivity contribution in [3.63, 3.8) is 0 Å². The summed E-state index contributed by atoms with van der Waals surface area (Å²) in [7, 11) is 0. The molecule has 0 aromatic heterocycles. The molecule has 0 aliphatic rings. The number of carbonyl (C=O) groups excluding carboxylic acids is 1. The summed E-state index contributed by atoms with van der Waals surface area (Å²) < 4.78 is 1.70. The van der Waals surface area contributed by atoms with Crippen LogP contribution in [0.5, 0.6) is 0 Å². The van der Waals surface area contributed by atoms with E-state index >= 15 is 0 Å². The van der Waals surface area contributed by atoms with Gasteiger partial charge in [0, 0.05) is 27.0 Å². The van der Waals surface area contributed by atoms with Crippen molar-refractivity contribution in [1.82, 2.24) is 5.32 Å². The summed E-state index contributed by atoms with van der Waals surface area (Å²) >= 11 is 8.46. The van der Waals surface area contributed by atoms with Crippen LogP contribution in [-0.2, 0) is 0 Å². The molecule has 0 saturated carbocycles. The van der Waals surface area contributed by atoms with Crippen LogP contribution in [-0.4, -0.2) is 24.0 Å². The SMILES string of the molecule is C=CCSCCNC(=O)c1cc(Br)ccc1Br. The van der Waals surface area contributed by atoms with Gasteiger partial charge < -0.3 is 5.32 Å². The number of nitrogens with one attached hydrogen (secondary N) is 1. The first-order valence-corrected chi connectivity index (χ1v) is 7.81. The summed E-state index contributed by atoms with van der Waals surface area (Å²) in [5.74, 6) is 1.75. The van der Waals surface area contributed by atoms with Crippen molar-refractivity contribution in [3.8, 4) is 0 Å². The van der Waals surface area contributed by atoms with Crippen molar-refractivity contribution in [3.05, 3.63) is 45.4 Å². The van der Waals surface area contributed by atoms with Crippen LogP contribution in [0.25, 0.3) is 0 Å². The van der Waals surface area contributed by atoms with Gasteiger partial charge in [0.1, 0.15) is 0 Å². The monoisotopic (exact) mass is 377 g/mol. The maximum Gasteiger partial charge on any atom is 0.252 e. The van der Waals surface area contributed by atoms with E-state index in [0.29, 0.717) is 12.1 Å². The van der Waals surface area contributed by atoms with Gasteiger partial charge in [-0.05, 0) is 34.1 Å². The quantitative estimate of drug-likeness (QED) is 0.601. The van der Waals surface area contributed by atoms with Crippen LogP contribution in [0.4, 0.5) is 0 Å². The molecule has 1 rings (SSSR count). The van der Waals surface area contributed by atoms with Gasteiger partial charge in [0.15, 0.2) is 0 Å². The summed E-state index contributed by atoms with van der Waals surface area (Å²) in [6.45, 7) is 4.31. The first-order chi connectivity index (χ1) is 8.15. The highest BCUT2D eigenvalue weighted by atomic mass is 79.9. The molecule has 0 heterocycles. The van der Waals surface area contributed by atoms with E-state index in [1.54, 1.807) is 17.8 Å². The van der Waals surface area contributed by atoms with E-state index in [1.807, 2.05) is 18.2 Å². The number of thioether (sulfide) groups is 1. The molecule has 0 saturated heterocycles. The number of carbonyl (C=O) groups is 1. The van der Waals surface area contributed by atoms with Gasteiger partial charge in [0.2, 0.25) is 0 Å². The Labute approximate surface area is 123 Å². The topological polar surface area (TPSA) is 29.1 Å². The number of amides is 1. The molecule has 0 aliphatic heterocycles. The molecule has 2 nitrogen and oxygen atoms in total. The lowest BCUT2D eigenvalue weighted by molar-refractivity contribution is 0.0955. The molecule has 0 bridgehead atoms. The van der Waals surface area contributed by atoms with Gasteiger partial charge in [-0.3, -0.25) is 4.79 Å². The summed E-state index contributed by atoms with van der Waals surface area (Å²) in [5.41, 5.74) is 0.646. The zero-order valence-corrected chi connectivity index (χ0v) is 13.2. The summed E-state index contributed by atoms with van der Waals surface area (Å²) in [4.78, 5) is 11.9. The highest BCUT2D eigenvalue weighted by Gasteiger charge is 2.09. The second kappa shape index (κ2) is 7.95. The van der Waals surface area contributed by atoms with Gasteiger partial charge in [0.25, 0.3) is 5.91 Å². The number of halogens is 2. The number of hydrogen-bond donors (Lipinski definition) is 1. The van der Waals surface area contributed by atoms with Gasteiger partial charge >= 0.3 is 0 Å². The van der Waals surface area contributed by atoms with Crippen molar-refractivity contribution < 1.29 is 4.79 Å². The lowest BCUT2D eigenvalue weighted by atomic mass is 10.2. The fourth-order valence-corrected chi connectivity index (χ4v) is 2.54. The Bertz CT molecular complexity index is 409. The van der Waals surface area contributed by atoms with Gasteiger partial charge in [0.05, 0.1) is 5.56 Å². The zero-order valence-electron chi connectivity index (χ0n) is 9.21. The predicted molar refractivity (Wildman–Crippen MR) is 81.7 cm³/mol. The summed E-state index contributed by atoms with van der Waals surface area (Å²) in [6, 6.07) is 5.54. The first-order valence-electron chi connectivity index (χ1n) is 5.07. The van der Waals surface area contributed by atoms with E-state index in [1.165, 1.54) is 0 Å². The minimum atomic E-state index is -0.0580. The van der Waals surface area contributed by atoms with Crippen molar-refractivity contribution in [1.29, 1.82) is 0 Å². The molecule has 0 spiro atoms. The molecule has 1 N–H and O–H groups in total. The molecule has 5 heteroatoms. The summed E-state index contributed by atoms with van der Waals surface area (Å²) in [6.07, 6.45) is 1.86. The maximum atomic E-state index is 11.9. The highest BCUT2D eigenvalue weighted by molar-refractivity contribution is 9.11. The van der Waals surface area contributed by atoms with Crippen LogP contribution < -0.4 is 5.32 Å². The van der Waals surface area contributed by atoms with E-state index in [2.05, 4.69) is 43.8 Å². The lowest BCUT2D eigenvalue weighted by Gasteiger charge is -2.06. The highest BCUT2D eigenvalue weighted by Crippen LogP contribution is 2.21. The first kappa shape index (κ1) is 14.8. The molecule has 1 aromatic carbocycles. The minimum Gasteiger partial charge on any atom is -0.351 e. The zero-order chi connectivity index (χ0) is 12.7. The third kappa shape index (κ3) is 5.27. The van der Waals surface area contributed by atoms with Gasteiger partial charge in [-0.2, -0.15) is 11.8 Å². The van der Waals surface area contributed by atoms with Crippen LogP contribution in [0.2, 0.25) is 0 Å². The molecular formula is C12H13Br2NOS. The average Bonchev–Trinajstić information content (AvgIpc) is 2.32. The Morgan fingerprint density at radius 2 is 2.24 bits per heavy atom. The molecule has 92 valence electrons. The fourth-order valence-electron chi connectivity index (χ4n) is 1.17. The van der Waals surface area contributed by atoms with Gasteiger partial charge in [-0.1, -0.05) is 22.0 Å². The predicted octanol–water partition coefficient (Wildman–Crippen LogP) is 3.86. The Morgan fingerprint density at radius 3 is 2.94 bits per heavy atom. The van der Waals surface area contributed by atoms with E-state index in [9.17, 15) is 4.79 Å². The summed E-state index contributed by atoms with van der Waals surface area (Å²) in [5, 5.41) is 2.88. The molecular weight excluding hydrogens is 366 g/mol. The third-order valence-electron chi connectivity index (χ3n) is 1.94. The number of hydrogen-bond acceptors (Lipinski definition) is 2. The molecule has 0 fully saturated rings. The van der Waals surface area contributed by atoms with Crippen LogP contribution in [0.3, 0.4) is 0 Å². The van der Waals surface area contributed by atoms with Crippen LogP contribution in [0.15, 0.2) is 39.8 Å². The lowest BCUT2D eigenvalue weighted by Crippen LogP contribution is -2.26. The van der Waals surface area contributed by atoms with Crippen molar-refractivity contribution in [2.24, 2.45) is 0 Å². The maximum absolute atomic E-state index is 11.9. The smallest absolute Gasteiger partial charge is 0.252 e.